The average Bonchev–Trinajstić information content (AvgIpc) is 1.20. The maximum absolute atomic E-state index is 7.43. The zero-order valence-electron chi connectivity index (χ0n) is 49.0. The van der Waals surface area contributed by atoms with E-state index in [0.29, 0.717) is 14.5 Å². The van der Waals surface area contributed by atoms with Crippen molar-refractivity contribution in [2.75, 3.05) is 9.80 Å². The standard InChI is InChI=1S/C79H69ClN2Si/c1-77(2,3)57-44-64(52-25-15-10-16-26-52)75(65(45-57)53-27-17-11-18-28-53)81-69-42-37-56(51-35-39-62(40-36-51)83-61-33-23-14-24-34-61)43-68(69)73-63-41-38-60(80)50-70(63)82(72-49-59(79(7,8)9)48-71(81)74(72)73)76-66(54-29-19-12-20-30-54)46-58(78(4,5)6)47-67(76)55-31-21-13-22-32-55/h10-50,73H,1-9H3. The Morgan fingerprint density at radius 2 is 0.687 bits per heavy atom. The fraction of sp³-hybridized carbons (Fsp3) is 0.165. The summed E-state index contributed by atoms with van der Waals surface area (Å²) in [4.78, 5) is 5.28. The predicted octanol–water partition coefficient (Wildman–Crippen LogP) is 21.0. The third-order valence-electron chi connectivity index (χ3n) is 16.9. The molecule has 1 unspecified atom stereocenters. The number of fused-ring (bicyclic) bond motifs is 4. The van der Waals surface area contributed by atoms with Crippen LogP contribution in [0, 0.1) is 0 Å². The highest BCUT2D eigenvalue weighted by atomic mass is 35.5. The minimum atomic E-state index is -0.258. The minimum absolute atomic E-state index is 0.144. The number of hydrogen-bond donors (Lipinski definition) is 0. The summed E-state index contributed by atoms with van der Waals surface area (Å²) in [6.45, 7) is 21.1. The first-order valence-corrected chi connectivity index (χ1v) is 30.6. The summed E-state index contributed by atoms with van der Waals surface area (Å²) in [7, 11) is 0.578. The van der Waals surface area contributed by atoms with Gasteiger partial charge >= 0.3 is 0 Å². The monoisotopic (exact) mass is 1110 g/mol. The Morgan fingerprint density at radius 1 is 0.313 bits per heavy atom. The molecule has 2 aliphatic heterocycles. The van der Waals surface area contributed by atoms with E-state index in [-0.39, 0.29) is 22.2 Å². The van der Waals surface area contributed by atoms with Crippen LogP contribution in [0.2, 0.25) is 5.02 Å². The molecule has 2 aliphatic rings. The van der Waals surface area contributed by atoms with Gasteiger partial charge in [-0.25, -0.2) is 0 Å². The molecule has 0 spiro atoms. The average molecular weight is 1110 g/mol. The Kier molecular flexibility index (Phi) is 13.7. The fourth-order valence-electron chi connectivity index (χ4n) is 12.5. The molecule has 0 saturated carbocycles. The molecule has 11 aromatic carbocycles. The maximum atomic E-state index is 7.43. The van der Waals surface area contributed by atoms with Crippen LogP contribution in [0.4, 0.5) is 34.1 Å². The number of hydrogen-bond acceptors (Lipinski definition) is 2. The van der Waals surface area contributed by atoms with Crippen molar-refractivity contribution < 1.29 is 0 Å². The second kappa shape index (κ2) is 21.1. The Balaban J connectivity index is 1.18. The zero-order chi connectivity index (χ0) is 57.4. The van der Waals surface area contributed by atoms with E-state index in [4.69, 9.17) is 11.6 Å². The highest BCUT2D eigenvalue weighted by molar-refractivity contribution is 6.67. The van der Waals surface area contributed by atoms with Crippen LogP contribution in [-0.4, -0.2) is 9.52 Å². The summed E-state index contributed by atoms with van der Waals surface area (Å²) in [5.74, 6) is -0.175. The SMILES string of the molecule is CC(C)(C)c1cc(-c2ccccc2)c(N2c3ccc(-c4ccc([Si]c5ccccc5)cc4)cc3C3c4ccc(Cl)cc4N(c4c(-c5ccccc5)cc(C(C)(C)C)cc4-c4ccccc4)c4cc(C(C)(C)C)cc2c43)c(-c2ccccc2)c1. The third-order valence-corrected chi connectivity index (χ3v) is 18.4. The van der Waals surface area contributed by atoms with Crippen LogP contribution in [0.25, 0.3) is 55.6 Å². The van der Waals surface area contributed by atoms with Gasteiger partial charge in [-0.1, -0.05) is 272 Å². The lowest BCUT2D eigenvalue weighted by Crippen LogP contribution is -2.31. The molecule has 0 fully saturated rings. The van der Waals surface area contributed by atoms with Gasteiger partial charge in [0.15, 0.2) is 0 Å². The molecule has 0 N–H and O–H groups in total. The molecule has 2 nitrogen and oxygen atoms in total. The van der Waals surface area contributed by atoms with Crippen LogP contribution in [0.15, 0.2) is 249 Å². The van der Waals surface area contributed by atoms with E-state index in [1.165, 1.54) is 93.9 Å². The van der Waals surface area contributed by atoms with Crippen LogP contribution in [0.5, 0.6) is 0 Å². The van der Waals surface area contributed by atoms with Crippen LogP contribution in [-0.2, 0) is 16.2 Å². The Morgan fingerprint density at radius 3 is 1.11 bits per heavy atom. The van der Waals surface area contributed by atoms with E-state index in [1.54, 1.807) is 0 Å². The minimum Gasteiger partial charge on any atom is -0.309 e. The maximum Gasteiger partial charge on any atom is 0.121 e. The molecule has 0 amide bonds. The van der Waals surface area contributed by atoms with Crippen molar-refractivity contribution in [1.82, 2.24) is 0 Å². The van der Waals surface area contributed by atoms with Gasteiger partial charge in [0.1, 0.15) is 9.52 Å². The van der Waals surface area contributed by atoms with Crippen LogP contribution >= 0.6 is 11.6 Å². The van der Waals surface area contributed by atoms with Gasteiger partial charge in [0.2, 0.25) is 0 Å². The molecule has 2 radical (unpaired) electrons. The highest BCUT2D eigenvalue weighted by Crippen LogP contribution is 2.65. The molecule has 13 rings (SSSR count). The van der Waals surface area contributed by atoms with Crippen LogP contribution in [0.3, 0.4) is 0 Å². The number of benzene rings is 11. The zero-order valence-corrected chi connectivity index (χ0v) is 50.8. The van der Waals surface area contributed by atoms with Crippen molar-refractivity contribution in [3.63, 3.8) is 0 Å². The van der Waals surface area contributed by atoms with E-state index in [0.717, 1.165) is 39.6 Å². The van der Waals surface area contributed by atoms with Crippen molar-refractivity contribution in [2.24, 2.45) is 0 Å². The molecule has 0 aromatic heterocycles. The van der Waals surface area contributed by atoms with E-state index in [9.17, 15) is 0 Å². The van der Waals surface area contributed by atoms with Gasteiger partial charge in [0.25, 0.3) is 0 Å². The Hall–Kier alpha value is -8.47. The van der Waals surface area contributed by atoms with Gasteiger partial charge < -0.3 is 9.80 Å². The van der Waals surface area contributed by atoms with Gasteiger partial charge in [-0.15, -0.1) is 0 Å². The van der Waals surface area contributed by atoms with Gasteiger partial charge in [-0.05, 0) is 138 Å². The molecular weight excluding hydrogens is 1040 g/mol. The molecule has 0 bridgehead atoms. The largest absolute Gasteiger partial charge is 0.309 e. The summed E-state index contributed by atoms with van der Waals surface area (Å²) in [5, 5.41) is 3.34. The summed E-state index contributed by atoms with van der Waals surface area (Å²) in [6, 6.07) is 93.2. The number of halogens is 1. The second-order valence-corrected chi connectivity index (χ2v) is 27.5. The topological polar surface area (TPSA) is 6.48 Å². The third kappa shape index (κ3) is 10.0. The summed E-state index contributed by atoms with van der Waals surface area (Å²) in [6.07, 6.45) is 0. The molecule has 406 valence electrons. The van der Waals surface area contributed by atoms with Gasteiger partial charge in [-0.2, -0.15) is 0 Å². The first kappa shape index (κ1) is 53.8. The van der Waals surface area contributed by atoms with Crippen LogP contribution < -0.4 is 20.2 Å². The molecular formula is C79H69ClN2Si. The smallest absolute Gasteiger partial charge is 0.121 e. The fourth-order valence-corrected chi connectivity index (χ4v) is 13.7. The quantitative estimate of drug-likeness (QED) is 0.133. The first-order chi connectivity index (χ1) is 40.0. The van der Waals surface area contributed by atoms with Gasteiger partial charge in [0.05, 0.1) is 34.1 Å². The van der Waals surface area contributed by atoms with E-state index < -0.39 is 0 Å². The summed E-state index contributed by atoms with van der Waals surface area (Å²) in [5.41, 5.74) is 25.5. The molecule has 0 saturated heterocycles. The number of nitrogens with zero attached hydrogens (tertiary/aromatic N) is 2. The molecule has 11 aromatic rings. The number of rotatable bonds is 9. The molecule has 1 atom stereocenters. The molecule has 4 heteroatoms. The molecule has 83 heavy (non-hydrogen) atoms. The highest BCUT2D eigenvalue weighted by Gasteiger charge is 2.44. The van der Waals surface area contributed by atoms with Crippen molar-refractivity contribution in [2.45, 2.75) is 84.5 Å². The Bertz CT molecular complexity index is 4090. The Labute approximate surface area is 499 Å². The van der Waals surface area contributed by atoms with Crippen molar-refractivity contribution >= 4 is 65.6 Å². The summed E-state index contributed by atoms with van der Waals surface area (Å²) < 4.78 is 0. The first-order valence-electron chi connectivity index (χ1n) is 29.2. The lowest BCUT2D eigenvalue weighted by Gasteiger charge is -2.47. The lowest BCUT2D eigenvalue weighted by atomic mass is 9.72. The molecule has 2 heterocycles. The van der Waals surface area contributed by atoms with Crippen molar-refractivity contribution in [3.8, 4) is 55.6 Å². The second-order valence-electron chi connectivity index (χ2n) is 25.6. The van der Waals surface area contributed by atoms with Crippen molar-refractivity contribution in [3.05, 3.63) is 287 Å². The normalized spacial score (nSPS) is 13.8. The van der Waals surface area contributed by atoms with E-state index in [1.807, 2.05) is 0 Å². The van der Waals surface area contributed by atoms with Gasteiger partial charge in [0, 0.05) is 38.8 Å². The van der Waals surface area contributed by atoms with E-state index >= 15 is 0 Å². The van der Waals surface area contributed by atoms with Crippen LogP contribution in [0.1, 0.15) is 102 Å². The van der Waals surface area contributed by atoms with Crippen molar-refractivity contribution in [1.29, 1.82) is 0 Å². The number of anilines is 6. The lowest BCUT2D eigenvalue weighted by molar-refractivity contribution is 0.589. The molecule has 0 aliphatic carbocycles. The summed E-state index contributed by atoms with van der Waals surface area (Å²) >= 11 is 7.43. The van der Waals surface area contributed by atoms with E-state index in [2.05, 4.69) is 321 Å². The van der Waals surface area contributed by atoms with Gasteiger partial charge in [-0.3, -0.25) is 0 Å². The predicted molar refractivity (Wildman–Crippen MR) is 357 cm³/mol.